The number of nitrogens with two attached hydrogens (primary N) is 1. The molecule has 0 aliphatic carbocycles. The molecule has 0 unspecified atom stereocenters. The summed E-state index contributed by atoms with van der Waals surface area (Å²) in [6, 6.07) is 6.97. The van der Waals surface area contributed by atoms with Crippen LogP contribution in [-0.4, -0.2) is 55.0 Å². The summed E-state index contributed by atoms with van der Waals surface area (Å²) in [7, 11) is 1.28. The van der Waals surface area contributed by atoms with Gasteiger partial charge in [-0.1, -0.05) is 30.3 Å². The van der Waals surface area contributed by atoms with Crippen LogP contribution in [0, 0.1) is 0 Å². The van der Waals surface area contributed by atoms with Crippen molar-refractivity contribution in [3.8, 4) is 0 Å². The molecule has 0 aliphatic heterocycles. The smallest absolute Gasteiger partial charge is 0.328 e. The molecule has 27 heavy (non-hydrogen) atoms. The Balaban J connectivity index is 0.00000676. The third kappa shape index (κ3) is 9.12. The van der Waals surface area contributed by atoms with Crippen LogP contribution < -0.4 is 16.4 Å². The van der Waals surface area contributed by atoms with E-state index in [2.05, 4.69) is 10.6 Å². The number of methoxy groups -OCH3 is 1. The number of esters is 1. The van der Waals surface area contributed by atoms with Gasteiger partial charge < -0.3 is 21.1 Å². The number of hydrogen-bond donors (Lipinski definition) is 3. The minimum absolute atomic E-state index is 0. The van der Waals surface area contributed by atoms with Crippen molar-refractivity contribution in [2.24, 2.45) is 5.73 Å². The number of ether oxygens (including phenoxy) is 1. The Morgan fingerprint density at radius 1 is 1.11 bits per heavy atom. The van der Waals surface area contributed by atoms with Crippen LogP contribution in [0.1, 0.15) is 18.9 Å². The number of amides is 2. The first kappa shape index (κ1) is 25.2. The molecule has 7 nitrogen and oxygen atoms in total. The lowest BCUT2D eigenvalue weighted by molar-refractivity contribution is -0.145. The van der Waals surface area contributed by atoms with Crippen molar-refractivity contribution in [1.29, 1.82) is 0 Å². The van der Waals surface area contributed by atoms with Gasteiger partial charge in [0.2, 0.25) is 11.8 Å². The third-order valence-corrected chi connectivity index (χ3v) is 4.39. The van der Waals surface area contributed by atoms with Crippen LogP contribution in [0.15, 0.2) is 30.3 Å². The maximum absolute atomic E-state index is 12.7. The highest BCUT2D eigenvalue weighted by Gasteiger charge is 2.27. The first-order chi connectivity index (χ1) is 12.4. The second-order valence-electron chi connectivity index (χ2n) is 5.91. The second kappa shape index (κ2) is 13.4. The minimum atomic E-state index is -0.836. The first-order valence-corrected chi connectivity index (χ1v) is 9.75. The minimum Gasteiger partial charge on any atom is -0.467 e. The predicted molar refractivity (Wildman–Crippen MR) is 110 cm³/mol. The Labute approximate surface area is 170 Å². The monoisotopic (exact) mass is 417 g/mol. The van der Waals surface area contributed by atoms with Gasteiger partial charge in [-0.15, -0.1) is 12.4 Å². The quantitative estimate of drug-likeness (QED) is 0.488. The zero-order valence-corrected chi connectivity index (χ0v) is 17.4. The van der Waals surface area contributed by atoms with Gasteiger partial charge in [-0.25, -0.2) is 4.79 Å². The van der Waals surface area contributed by atoms with Crippen LogP contribution >= 0.6 is 24.2 Å². The van der Waals surface area contributed by atoms with E-state index >= 15 is 0 Å². The Hall–Kier alpha value is -1.77. The summed E-state index contributed by atoms with van der Waals surface area (Å²) in [4.78, 5) is 36.6. The molecule has 3 atom stereocenters. The highest BCUT2D eigenvalue weighted by molar-refractivity contribution is 7.98. The first-order valence-electron chi connectivity index (χ1n) is 8.36. The maximum Gasteiger partial charge on any atom is 0.328 e. The maximum atomic E-state index is 12.7. The van der Waals surface area contributed by atoms with Crippen LogP contribution in [-0.2, 0) is 25.5 Å². The fraction of sp³-hybridized carbons (Fsp3) is 0.500. The molecule has 152 valence electrons. The summed E-state index contributed by atoms with van der Waals surface area (Å²) in [6.45, 7) is 1.54. The highest BCUT2D eigenvalue weighted by Crippen LogP contribution is 2.07. The Morgan fingerprint density at radius 2 is 1.70 bits per heavy atom. The van der Waals surface area contributed by atoms with Crippen molar-refractivity contribution in [2.45, 2.75) is 37.9 Å². The molecule has 2 amide bonds. The fourth-order valence-corrected chi connectivity index (χ4v) is 2.73. The molecule has 1 rings (SSSR count). The Bertz CT molecular complexity index is 602. The SMILES string of the molecule is COC(=O)[C@H](CCSC)NC(=O)[C@H](Cc1ccccc1)NC(=O)[C@@H](C)N.Cl. The average molecular weight is 418 g/mol. The van der Waals surface area contributed by atoms with Crippen molar-refractivity contribution >= 4 is 42.0 Å². The van der Waals surface area contributed by atoms with Gasteiger partial charge in [0, 0.05) is 6.42 Å². The molecule has 0 saturated heterocycles. The molecule has 9 heteroatoms. The summed E-state index contributed by atoms with van der Waals surface area (Å²) in [5.74, 6) is -0.696. The molecule has 0 spiro atoms. The fourth-order valence-electron chi connectivity index (χ4n) is 2.26. The summed E-state index contributed by atoms with van der Waals surface area (Å²) in [6.07, 6.45) is 2.65. The van der Waals surface area contributed by atoms with Crippen LogP contribution in [0.25, 0.3) is 0 Å². The number of rotatable bonds is 10. The van der Waals surface area contributed by atoms with E-state index < -0.39 is 35.9 Å². The van der Waals surface area contributed by atoms with Gasteiger partial charge in [0.25, 0.3) is 0 Å². The lowest BCUT2D eigenvalue weighted by atomic mass is 10.0. The topological polar surface area (TPSA) is 111 Å². The van der Waals surface area contributed by atoms with Crippen LogP contribution in [0.3, 0.4) is 0 Å². The molecule has 0 aromatic heterocycles. The zero-order valence-electron chi connectivity index (χ0n) is 15.8. The number of carbonyl (C=O) groups excluding carboxylic acids is 3. The lowest BCUT2D eigenvalue weighted by Gasteiger charge is -2.23. The average Bonchev–Trinajstić information content (AvgIpc) is 2.64. The van der Waals surface area contributed by atoms with Crippen LogP contribution in [0.5, 0.6) is 0 Å². The predicted octanol–water partition coefficient (Wildman–Crippen LogP) is 0.894. The largest absolute Gasteiger partial charge is 0.467 e. The molecule has 0 saturated carbocycles. The summed E-state index contributed by atoms with van der Waals surface area (Å²) in [5.41, 5.74) is 6.48. The zero-order chi connectivity index (χ0) is 19.5. The number of nitrogens with one attached hydrogen (secondary N) is 2. The van der Waals surface area contributed by atoms with Crippen molar-refractivity contribution in [2.75, 3.05) is 19.1 Å². The van der Waals surface area contributed by atoms with E-state index in [1.54, 1.807) is 18.7 Å². The Morgan fingerprint density at radius 3 is 2.22 bits per heavy atom. The second-order valence-corrected chi connectivity index (χ2v) is 6.89. The number of benzene rings is 1. The van der Waals surface area contributed by atoms with Crippen molar-refractivity contribution < 1.29 is 19.1 Å². The number of thioether (sulfide) groups is 1. The van der Waals surface area contributed by atoms with E-state index in [1.165, 1.54) is 7.11 Å². The molecule has 0 radical (unpaired) electrons. The van der Waals surface area contributed by atoms with E-state index in [1.807, 2.05) is 36.6 Å². The van der Waals surface area contributed by atoms with E-state index in [9.17, 15) is 14.4 Å². The van der Waals surface area contributed by atoms with Gasteiger partial charge in [-0.2, -0.15) is 11.8 Å². The van der Waals surface area contributed by atoms with Gasteiger partial charge in [0.1, 0.15) is 12.1 Å². The van der Waals surface area contributed by atoms with Gasteiger partial charge in [0.05, 0.1) is 13.2 Å². The number of hydrogen-bond acceptors (Lipinski definition) is 6. The van der Waals surface area contributed by atoms with E-state index in [0.29, 0.717) is 18.6 Å². The summed E-state index contributed by atoms with van der Waals surface area (Å²) in [5, 5.41) is 5.33. The van der Waals surface area contributed by atoms with Crippen molar-refractivity contribution in [3.05, 3.63) is 35.9 Å². The normalized spacial score (nSPS) is 13.5. The Kier molecular flexibility index (Phi) is 12.5. The summed E-state index contributed by atoms with van der Waals surface area (Å²) < 4.78 is 4.76. The third-order valence-electron chi connectivity index (χ3n) is 3.74. The molecule has 0 aliphatic rings. The lowest BCUT2D eigenvalue weighted by Crippen LogP contribution is -2.55. The van der Waals surface area contributed by atoms with Crippen LogP contribution in [0.2, 0.25) is 0 Å². The van der Waals surface area contributed by atoms with Crippen LogP contribution in [0.4, 0.5) is 0 Å². The van der Waals surface area contributed by atoms with Gasteiger partial charge in [-0.05, 0) is 30.9 Å². The van der Waals surface area contributed by atoms with E-state index in [4.69, 9.17) is 10.5 Å². The van der Waals surface area contributed by atoms with Gasteiger partial charge >= 0.3 is 5.97 Å². The highest BCUT2D eigenvalue weighted by atomic mass is 35.5. The van der Waals surface area contributed by atoms with E-state index in [0.717, 1.165) is 5.56 Å². The van der Waals surface area contributed by atoms with E-state index in [-0.39, 0.29) is 12.4 Å². The van der Waals surface area contributed by atoms with Crippen molar-refractivity contribution in [3.63, 3.8) is 0 Å². The molecular weight excluding hydrogens is 390 g/mol. The molecule has 0 fully saturated rings. The molecule has 1 aromatic rings. The number of carbonyl (C=O) groups is 3. The van der Waals surface area contributed by atoms with Gasteiger partial charge in [-0.3, -0.25) is 9.59 Å². The van der Waals surface area contributed by atoms with Gasteiger partial charge in [0.15, 0.2) is 0 Å². The molecule has 0 bridgehead atoms. The molecule has 1 aromatic carbocycles. The molecule has 0 heterocycles. The number of halogens is 1. The van der Waals surface area contributed by atoms with Crippen molar-refractivity contribution in [1.82, 2.24) is 10.6 Å². The summed E-state index contributed by atoms with van der Waals surface area (Å²) >= 11 is 1.57. The molecule has 4 N–H and O–H groups in total. The molecular formula is C18H28ClN3O4S. The standard InChI is InChI=1S/C18H27N3O4S.ClH/c1-12(19)16(22)21-15(11-13-7-5-4-6-8-13)17(23)20-14(9-10-26-3)18(24)25-2;/h4-8,12,14-15H,9-11,19H2,1-3H3,(H,20,23)(H,21,22);1H/t12-,14+,15+;/m1./s1.